The molecule has 0 spiro atoms. The molecule has 1 rings (SSSR count). The van der Waals surface area contributed by atoms with E-state index in [4.69, 9.17) is 11.6 Å². The Labute approximate surface area is 70.3 Å². The third-order valence-corrected chi connectivity index (χ3v) is 2.20. The Balaban J connectivity index is 2.23. The molecule has 11 heavy (non-hydrogen) atoms. The number of likely N-dealkylation sites (tertiary alicyclic amines) is 1. The van der Waals surface area contributed by atoms with E-state index in [0.29, 0.717) is 6.54 Å². The van der Waals surface area contributed by atoms with Gasteiger partial charge in [0.1, 0.15) is 0 Å². The van der Waals surface area contributed by atoms with Crippen molar-refractivity contribution < 1.29 is 8.78 Å². The molecular weight excluding hydrogens is 172 g/mol. The summed E-state index contributed by atoms with van der Waals surface area (Å²) < 4.78 is 23.7. The normalized spacial score (nSPS) is 27.8. The van der Waals surface area contributed by atoms with E-state index < -0.39 is 6.43 Å². The van der Waals surface area contributed by atoms with Crippen LogP contribution in [0.3, 0.4) is 0 Å². The van der Waals surface area contributed by atoms with Crippen LogP contribution in [0.4, 0.5) is 8.78 Å². The van der Waals surface area contributed by atoms with E-state index in [9.17, 15) is 8.78 Å². The Bertz CT molecular complexity index is 119. The molecule has 0 aliphatic carbocycles. The summed E-state index contributed by atoms with van der Waals surface area (Å²) in [4.78, 5) is 1.73. The van der Waals surface area contributed by atoms with Gasteiger partial charge >= 0.3 is 0 Å². The van der Waals surface area contributed by atoms with Crippen molar-refractivity contribution in [2.45, 2.75) is 24.6 Å². The highest BCUT2D eigenvalue weighted by molar-refractivity contribution is 6.20. The van der Waals surface area contributed by atoms with E-state index >= 15 is 0 Å². The van der Waals surface area contributed by atoms with Gasteiger partial charge in [-0.15, -0.1) is 11.6 Å². The van der Waals surface area contributed by atoms with Crippen molar-refractivity contribution in [3.63, 3.8) is 0 Å². The van der Waals surface area contributed by atoms with Gasteiger partial charge in [0, 0.05) is 11.9 Å². The molecule has 0 aromatic heterocycles. The minimum atomic E-state index is -2.23. The van der Waals surface area contributed by atoms with Crippen LogP contribution in [0.5, 0.6) is 0 Å². The first-order valence-electron chi connectivity index (χ1n) is 3.83. The van der Waals surface area contributed by atoms with Crippen LogP contribution < -0.4 is 0 Å². The number of alkyl halides is 3. The molecule has 1 fully saturated rings. The third kappa shape index (κ3) is 3.34. The molecule has 0 saturated carbocycles. The molecule has 66 valence electrons. The molecule has 4 heteroatoms. The maximum absolute atomic E-state index is 11.9. The third-order valence-electron chi connectivity index (χ3n) is 1.84. The van der Waals surface area contributed by atoms with E-state index in [1.54, 1.807) is 4.90 Å². The maximum Gasteiger partial charge on any atom is 0.251 e. The lowest BCUT2D eigenvalue weighted by Gasteiger charge is -2.28. The van der Waals surface area contributed by atoms with Gasteiger partial charge in [-0.05, 0) is 19.4 Å². The maximum atomic E-state index is 11.9. The van der Waals surface area contributed by atoms with Gasteiger partial charge in [-0.1, -0.05) is 0 Å². The number of rotatable bonds is 2. The highest BCUT2D eigenvalue weighted by Gasteiger charge is 2.19. The average Bonchev–Trinajstić information content (AvgIpc) is 1.85. The van der Waals surface area contributed by atoms with Crippen molar-refractivity contribution in [1.29, 1.82) is 0 Å². The van der Waals surface area contributed by atoms with E-state index in [1.807, 2.05) is 0 Å². The lowest BCUT2D eigenvalue weighted by molar-refractivity contribution is 0.0796. The smallest absolute Gasteiger partial charge is 0.251 e. The van der Waals surface area contributed by atoms with Crippen molar-refractivity contribution in [1.82, 2.24) is 4.90 Å². The Hall–Kier alpha value is 0.110. The van der Waals surface area contributed by atoms with Gasteiger partial charge in [0.15, 0.2) is 0 Å². The van der Waals surface area contributed by atoms with E-state index in [-0.39, 0.29) is 11.9 Å². The van der Waals surface area contributed by atoms with Crippen molar-refractivity contribution >= 4 is 11.6 Å². The van der Waals surface area contributed by atoms with Crippen molar-refractivity contribution in [2.75, 3.05) is 19.6 Å². The van der Waals surface area contributed by atoms with Gasteiger partial charge < -0.3 is 0 Å². The molecule has 0 N–H and O–H groups in total. The van der Waals surface area contributed by atoms with Crippen LogP contribution in [-0.2, 0) is 0 Å². The van der Waals surface area contributed by atoms with Crippen LogP contribution in [0.1, 0.15) is 12.8 Å². The molecule has 1 aliphatic rings. The van der Waals surface area contributed by atoms with Crippen LogP contribution in [-0.4, -0.2) is 36.3 Å². The molecule has 0 radical (unpaired) electrons. The number of hydrogen-bond donors (Lipinski definition) is 0. The lowest BCUT2D eigenvalue weighted by Crippen LogP contribution is -2.38. The first-order chi connectivity index (χ1) is 5.18. The summed E-state index contributed by atoms with van der Waals surface area (Å²) in [5.74, 6) is 0. The highest BCUT2D eigenvalue weighted by Crippen LogP contribution is 2.15. The summed E-state index contributed by atoms with van der Waals surface area (Å²) in [6.45, 7) is 1.27. The molecule has 1 nitrogen and oxygen atoms in total. The summed E-state index contributed by atoms with van der Waals surface area (Å²) in [7, 11) is 0. The topological polar surface area (TPSA) is 3.24 Å². The number of hydrogen-bond acceptors (Lipinski definition) is 1. The summed E-state index contributed by atoms with van der Waals surface area (Å²) in [6, 6.07) is 0. The van der Waals surface area contributed by atoms with Gasteiger partial charge in [0.05, 0.1) is 6.54 Å². The second-order valence-corrected chi connectivity index (χ2v) is 3.51. The molecule has 0 aromatic rings. The SMILES string of the molecule is FC(F)CN1CCCC(Cl)C1. The quantitative estimate of drug-likeness (QED) is 0.592. The highest BCUT2D eigenvalue weighted by atomic mass is 35.5. The van der Waals surface area contributed by atoms with Gasteiger partial charge in [0.25, 0.3) is 6.43 Å². The number of nitrogens with zero attached hydrogens (tertiary/aromatic N) is 1. The van der Waals surface area contributed by atoms with Crippen molar-refractivity contribution in [3.8, 4) is 0 Å². The first kappa shape index (κ1) is 9.20. The fourth-order valence-electron chi connectivity index (χ4n) is 1.36. The summed E-state index contributed by atoms with van der Waals surface area (Å²) in [5, 5.41) is 0.0718. The van der Waals surface area contributed by atoms with Crippen molar-refractivity contribution in [3.05, 3.63) is 0 Å². The van der Waals surface area contributed by atoms with Crippen LogP contribution in [0.25, 0.3) is 0 Å². The average molecular weight is 184 g/mol. The summed E-state index contributed by atoms with van der Waals surface area (Å²) in [5.41, 5.74) is 0. The zero-order chi connectivity index (χ0) is 8.27. The van der Waals surface area contributed by atoms with E-state index in [0.717, 1.165) is 19.4 Å². The summed E-state index contributed by atoms with van der Waals surface area (Å²) in [6.07, 6.45) is -0.320. The molecule has 0 bridgehead atoms. The minimum Gasteiger partial charge on any atom is -0.296 e. The van der Waals surface area contributed by atoms with Crippen molar-refractivity contribution in [2.24, 2.45) is 0 Å². The van der Waals surface area contributed by atoms with Crippen LogP contribution in [0.15, 0.2) is 0 Å². The van der Waals surface area contributed by atoms with Crippen LogP contribution in [0, 0.1) is 0 Å². The molecule has 1 unspecified atom stereocenters. The Morgan fingerprint density at radius 3 is 2.82 bits per heavy atom. The summed E-state index contributed by atoms with van der Waals surface area (Å²) >= 11 is 5.81. The molecule has 1 heterocycles. The zero-order valence-corrected chi connectivity index (χ0v) is 7.03. The van der Waals surface area contributed by atoms with Crippen LogP contribution in [0.2, 0.25) is 0 Å². The molecular formula is C7H12ClF2N. The zero-order valence-electron chi connectivity index (χ0n) is 6.27. The minimum absolute atomic E-state index is 0.0718. The number of piperidine rings is 1. The Kier molecular flexibility index (Phi) is 3.52. The monoisotopic (exact) mass is 183 g/mol. The standard InChI is InChI=1S/C7H12ClF2N/c8-6-2-1-3-11(4-6)5-7(9)10/h6-7H,1-5H2. The predicted molar refractivity (Wildman–Crippen MR) is 41.3 cm³/mol. The van der Waals surface area contributed by atoms with Crippen LogP contribution >= 0.6 is 11.6 Å². The van der Waals surface area contributed by atoms with Gasteiger partial charge in [0.2, 0.25) is 0 Å². The Morgan fingerprint density at radius 1 is 1.55 bits per heavy atom. The Morgan fingerprint density at radius 2 is 2.27 bits per heavy atom. The number of halogens is 3. The van der Waals surface area contributed by atoms with Gasteiger partial charge in [-0.3, -0.25) is 4.90 Å². The van der Waals surface area contributed by atoms with Gasteiger partial charge in [-0.2, -0.15) is 0 Å². The molecule has 1 atom stereocenters. The fourth-order valence-corrected chi connectivity index (χ4v) is 1.71. The molecule has 1 aliphatic heterocycles. The predicted octanol–water partition coefficient (Wildman–Crippen LogP) is 1.95. The van der Waals surface area contributed by atoms with E-state index in [2.05, 4.69) is 0 Å². The molecule has 1 saturated heterocycles. The largest absolute Gasteiger partial charge is 0.296 e. The molecule has 0 aromatic carbocycles. The fraction of sp³-hybridized carbons (Fsp3) is 1.00. The second kappa shape index (κ2) is 4.21. The first-order valence-corrected chi connectivity index (χ1v) is 4.26. The van der Waals surface area contributed by atoms with E-state index in [1.165, 1.54) is 0 Å². The second-order valence-electron chi connectivity index (χ2n) is 2.89. The molecule has 0 amide bonds. The van der Waals surface area contributed by atoms with Gasteiger partial charge in [-0.25, -0.2) is 8.78 Å². The lowest BCUT2D eigenvalue weighted by atomic mass is 10.1.